The van der Waals surface area contributed by atoms with E-state index in [0.717, 1.165) is 58.6 Å². The summed E-state index contributed by atoms with van der Waals surface area (Å²) in [6.45, 7) is 5.16. The first-order chi connectivity index (χ1) is 36.3. The van der Waals surface area contributed by atoms with Crippen LogP contribution in [0.3, 0.4) is 0 Å². The standard InChI is InChI=1S/C59H63N3O11S/c1-2-31-71-59-55(61(38-43-21-26-53-54(34-43)70-40-69-53)56(65)28-22-41-19-23-45(24-20-41)62(66)67)37-51(60-72-39-42-13-5-3-6-14-42)49-35-44(15-9-11-29-63)48(18-10-12-30-64)57(58(49)59)50-36-46(25-27-52(50)73-59)68-32-33-74-47-16-7-4-8-17-47/h2-8,13-14,16-17,19-28,34-36,44,48,55,57-58,63-64H,1,9-12,15,18,29-33,37-40H2/t44-,48+,55-,57+,58+,59+/m0/s1. The van der Waals surface area contributed by atoms with E-state index in [9.17, 15) is 20.3 Å². The maximum atomic E-state index is 15.4. The summed E-state index contributed by atoms with van der Waals surface area (Å²) in [7, 11) is 0. The molecule has 2 N–H and O–H groups in total. The van der Waals surface area contributed by atoms with Crippen LogP contribution in [0.4, 0.5) is 5.69 Å². The molecule has 0 bridgehead atoms. The number of non-ortho nitro benzene ring substituents is 1. The Labute approximate surface area is 436 Å². The fraction of sp³-hybridized carbons (Fsp3) is 0.356. The number of amides is 1. The summed E-state index contributed by atoms with van der Waals surface area (Å²) in [6.07, 6.45) is 11.7. The van der Waals surface area contributed by atoms with Crippen LogP contribution in [0.2, 0.25) is 0 Å². The number of aliphatic hydroxyl groups excluding tert-OH is 2. The van der Waals surface area contributed by atoms with Crippen LogP contribution in [-0.2, 0) is 27.5 Å². The maximum Gasteiger partial charge on any atom is 0.269 e. The summed E-state index contributed by atoms with van der Waals surface area (Å²) in [5, 5.41) is 36.7. The molecule has 386 valence electrons. The highest BCUT2D eigenvalue weighted by molar-refractivity contribution is 7.99. The van der Waals surface area contributed by atoms with Gasteiger partial charge in [0.2, 0.25) is 18.5 Å². The average molecular weight is 1020 g/mol. The third-order valence-corrected chi connectivity index (χ3v) is 15.2. The van der Waals surface area contributed by atoms with E-state index in [-0.39, 0.29) is 75.5 Å². The predicted molar refractivity (Wildman–Crippen MR) is 284 cm³/mol. The summed E-state index contributed by atoms with van der Waals surface area (Å²) in [6, 6.07) is 36.8. The van der Waals surface area contributed by atoms with E-state index >= 15 is 4.79 Å². The number of allylic oxidation sites excluding steroid dienone is 1. The number of hydrogen-bond donors (Lipinski definition) is 2. The van der Waals surface area contributed by atoms with Crippen molar-refractivity contribution < 1.29 is 48.5 Å². The van der Waals surface area contributed by atoms with Gasteiger partial charge in [0.1, 0.15) is 24.1 Å². The molecule has 5 aromatic carbocycles. The van der Waals surface area contributed by atoms with Gasteiger partial charge in [0.15, 0.2) is 11.5 Å². The first-order valence-corrected chi connectivity index (χ1v) is 26.4. The van der Waals surface area contributed by atoms with Crippen molar-refractivity contribution in [2.24, 2.45) is 22.9 Å². The number of rotatable bonds is 25. The van der Waals surface area contributed by atoms with Gasteiger partial charge in [-0.25, -0.2) is 0 Å². The molecule has 0 spiro atoms. The van der Waals surface area contributed by atoms with Crippen LogP contribution in [0.15, 0.2) is 162 Å². The number of nitrogens with zero attached hydrogens (tertiary/aromatic N) is 3. The van der Waals surface area contributed by atoms with E-state index < -0.39 is 22.7 Å². The van der Waals surface area contributed by atoms with Crippen LogP contribution in [0.25, 0.3) is 6.08 Å². The molecule has 0 aromatic heterocycles. The topological polar surface area (TPSA) is 172 Å². The van der Waals surface area contributed by atoms with Crippen molar-refractivity contribution in [3.63, 3.8) is 0 Å². The number of oxime groups is 1. The van der Waals surface area contributed by atoms with Gasteiger partial charge < -0.3 is 43.6 Å². The molecule has 1 fully saturated rings. The number of thioether (sulfide) groups is 1. The first kappa shape index (κ1) is 52.0. The maximum absolute atomic E-state index is 15.4. The van der Waals surface area contributed by atoms with Crippen molar-refractivity contribution >= 4 is 35.1 Å². The molecule has 2 aliphatic carbocycles. The highest BCUT2D eigenvalue weighted by Crippen LogP contribution is 2.62. The number of ether oxygens (including phenoxy) is 5. The number of nitro groups is 1. The molecule has 1 amide bonds. The van der Waals surface area contributed by atoms with E-state index in [0.29, 0.717) is 53.7 Å². The lowest BCUT2D eigenvalue weighted by molar-refractivity contribution is -0.384. The van der Waals surface area contributed by atoms with Crippen molar-refractivity contribution in [1.29, 1.82) is 0 Å². The molecule has 5 aromatic rings. The van der Waals surface area contributed by atoms with Crippen LogP contribution in [0, 0.1) is 27.9 Å². The van der Waals surface area contributed by atoms with Gasteiger partial charge in [0, 0.05) is 66.5 Å². The third kappa shape index (κ3) is 12.0. The molecule has 6 atom stereocenters. The number of benzene rings is 5. The molecule has 0 radical (unpaired) electrons. The molecule has 1 saturated carbocycles. The molecule has 2 heterocycles. The lowest BCUT2D eigenvalue weighted by Crippen LogP contribution is -2.70. The lowest BCUT2D eigenvalue weighted by atomic mass is 9.55. The largest absolute Gasteiger partial charge is 0.493 e. The minimum absolute atomic E-state index is 0.00230. The van der Waals surface area contributed by atoms with Crippen LogP contribution < -0.4 is 18.9 Å². The van der Waals surface area contributed by atoms with Crippen LogP contribution in [0.5, 0.6) is 23.0 Å². The quantitative estimate of drug-likeness (QED) is 0.0142. The van der Waals surface area contributed by atoms with Crippen molar-refractivity contribution in [3.05, 3.63) is 184 Å². The van der Waals surface area contributed by atoms with Gasteiger partial charge in [-0.3, -0.25) is 14.9 Å². The Hall–Kier alpha value is -6.91. The summed E-state index contributed by atoms with van der Waals surface area (Å²) in [4.78, 5) is 35.7. The Bertz CT molecular complexity index is 2810. The van der Waals surface area contributed by atoms with Crippen molar-refractivity contribution in [3.8, 4) is 23.0 Å². The van der Waals surface area contributed by atoms with E-state index in [2.05, 4.69) is 30.9 Å². The second-order valence-electron chi connectivity index (χ2n) is 18.9. The zero-order valence-electron chi connectivity index (χ0n) is 41.4. The molecule has 4 aliphatic rings. The Morgan fingerprint density at radius 2 is 1.62 bits per heavy atom. The Balaban J connectivity index is 1.20. The summed E-state index contributed by atoms with van der Waals surface area (Å²) in [5.74, 6) is 0.483. The predicted octanol–water partition coefficient (Wildman–Crippen LogP) is 11.1. The molecule has 14 nitrogen and oxygen atoms in total. The fourth-order valence-electron chi connectivity index (χ4n) is 10.9. The molecule has 9 rings (SSSR count). The van der Waals surface area contributed by atoms with Gasteiger partial charge in [0.25, 0.3) is 5.69 Å². The zero-order valence-corrected chi connectivity index (χ0v) is 42.2. The minimum Gasteiger partial charge on any atom is -0.493 e. The van der Waals surface area contributed by atoms with E-state index in [4.69, 9.17) is 33.7 Å². The number of aliphatic hydroxyl groups is 2. The summed E-state index contributed by atoms with van der Waals surface area (Å²) >= 11 is 1.73. The minimum atomic E-state index is -1.54. The third-order valence-electron chi connectivity index (χ3n) is 14.2. The van der Waals surface area contributed by atoms with Gasteiger partial charge >= 0.3 is 0 Å². The summed E-state index contributed by atoms with van der Waals surface area (Å²) in [5.41, 5.74) is 4.75. The van der Waals surface area contributed by atoms with Crippen molar-refractivity contribution in [2.75, 3.05) is 39.0 Å². The number of hydrogen-bond acceptors (Lipinski definition) is 13. The van der Waals surface area contributed by atoms with E-state index in [1.807, 2.05) is 78.9 Å². The Kier molecular flexibility index (Phi) is 17.5. The number of fused-ring (bicyclic) bond motifs is 3. The summed E-state index contributed by atoms with van der Waals surface area (Å²) < 4.78 is 32.8. The average Bonchev–Trinajstić information content (AvgIpc) is 3.93. The van der Waals surface area contributed by atoms with Gasteiger partial charge in [-0.15, -0.1) is 18.3 Å². The number of carbonyl (C=O) groups is 1. The van der Waals surface area contributed by atoms with Gasteiger partial charge in [-0.1, -0.05) is 84.7 Å². The SMILES string of the molecule is C=CCO[C@@]12Oc3ccc(OCCSc4ccccc4)cc3[C@H]3[C@H](CCCCO)[C@@H](CCCCO)C=C(C(=NOCc4ccccc4)C[C@@H]1N(Cc1ccc4c(c1)OCO4)C(=O)C=Cc1ccc([N+](=O)[O-])cc1)[C@H]32. The highest BCUT2D eigenvalue weighted by Gasteiger charge is 2.65. The van der Waals surface area contributed by atoms with E-state index in [1.54, 1.807) is 40.9 Å². The molecule has 74 heavy (non-hydrogen) atoms. The molecular weight excluding hydrogens is 959 g/mol. The molecule has 15 heteroatoms. The first-order valence-electron chi connectivity index (χ1n) is 25.4. The monoisotopic (exact) mass is 1020 g/mol. The highest BCUT2D eigenvalue weighted by atomic mass is 32.2. The molecule has 0 unspecified atom stereocenters. The Morgan fingerprint density at radius 1 is 0.878 bits per heavy atom. The van der Waals surface area contributed by atoms with Gasteiger partial charge in [-0.2, -0.15) is 0 Å². The van der Waals surface area contributed by atoms with Crippen molar-refractivity contribution in [1.82, 2.24) is 4.90 Å². The van der Waals surface area contributed by atoms with Gasteiger partial charge in [0.05, 0.1) is 29.8 Å². The van der Waals surface area contributed by atoms with Crippen LogP contribution >= 0.6 is 11.8 Å². The van der Waals surface area contributed by atoms with Crippen LogP contribution in [0.1, 0.15) is 73.1 Å². The zero-order chi connectivity index (χ0) is 51.3. The smallest absolute Gasteiger partial charge is 0.269 e. The number of unbranched alkanes of at least 4 members (excludes halogenated alkanes) is 2. The second kappa shape index (κ2) is 24.9. The normalized spacial score (nSPS) is 21.8. The number of nitro benzene ring substituents is 1. The van der Waals surface area contributed by atoms with Crippen molar-refractivity contribution in [2.45, 2.75) is 80.7 Å². The number of carbonyl (C=O) groups excluding carboxylic acids is 1. The molecule has 2 aliphatic heterocycles. The Morgan fingerprint density at radius 3 is 2.38 bits per heavy atom. The van der Waals surface area contributed by atoms with Crippen LogP contribution in [-0.4, -0.2) is 82.5 Å². The second-order valence-corrected chi connectivity index (χ2v) is 20.0. The van der Waals surface area contributed by atoms with Gasteiger partial charge in [-0.05, 0) is 120 Å². The van der Waals surface area contributed by atoms with E-state index in [1.165, 1.54) is 18.2 Å². The molecular formula is C59H63N3O11S. The lowest BCUT2D eigenvalue weighted by Gasteiger charge is -2.60. The fourth-order valence-corrected chi connectivity index (χ4v) is 11.6. The molecule has 0 saturated heterocycles.